The van der Waals surface area contributed by atoms with Crippen LogP contribution >= 0.6 is 0 Å². The van der Waals surface area contributed by atoms with E-state index in [1.807, 2.05) is 54.4 Å². The molecule has 0 fully saturated rings. The van der Waals surface area contributed by atoms with Crippen LogP contribution in [0.15, 0.2) is 48.7 Å². The maximum Gasteiger partial charge on any atom is 0.302 e. The van der Waals surface area contributed by atoms with E-state index in [0.29, 0.717) is 19.6 Å². The average Bonchev–Trinajstić information content (AvgIpc) is 2.71. The molecule has 0 saturated carbocycles. The van der Waals surface area contributed by atoms with Gasteiger partial charge in [-0.1, -0.05) is 18.2 Å². The monoisotopic (exact) mass is 400 g/mol. The summed E-state index contributed by atoms with van der Waals surface area (Å²) >= 11 is 0. The highest BCUT2D eigenvalue weighted by Crippen LogP contribution is 2.16. The Morgan fingerprint density at radius 1 is 1.00 bits per heavy atom. The van der Waals surface area contributed by atoms with Crippen LogP contribution in [0, 0.1) is 5.92 Å². The molecule has 7 heteroatoms. The smallest absolute Gasteiger partial charge is 0.302 e. The number of ether oxygens (including phenoxy) is 3. The highest BCUT2D eigenvalue weighted by molar-refractivity contribution is 5.66. The van der Waals surface area contributed by atoms with Crippen molar-refractivity contribution in [2.24, 2.45) is 5.92 Å². The first-order valence-electron chi connectivity index (χ1n) is 9.54. The second-order valence-electron chi connectivity index (χ2n) is 6.78. The highest BCUT2D eigenvalue weighted by Gasteiger charge is 2.14. The maximum atomic E-state index is 11.1. The van der Waals surface area contributed by atoms with Crippen LogP contribution in [0.1, 0.15) is 19.4 Å². The largest absolute Gasteiger partial charge is 0.492 e. The van der Waals surface area contributed by atoms with E-state index in [0.717, 1.165) is 17.1 Å². The molecule has 0 bridgehead atoms. The van der Waals surface area contributed by atoms with E-state index in [1.54, 1.807) is 6.20 Å². The Balaban J connectivity index is 1.82. The first-order valence-corrected chi connectivity index (χ1v) is 9.54. The van der Waals surface area contributed by atoms with Gasteiger partial charge in [-0.2, -0.15) is 0 Å². The van der Waals surface area contributed by atoms with Crippen LogP contribution < -0.4 is 9.64 Å². The lowest BCUT2D eigenvalue weighted by atomic mass is 10.0. The van der Waals surface area contributed by atoms with Crippen LogP contribution in [0.2, 0.25) is 0 Å². The summed E-state index contributed by atoms with van der Waals surface area (Å²) in [6.45, 7) is 4.39. The molecule has 1 heterocycles. The van der Waals surface area contributed by atoms with Gasteiger partial charge in [-0.3, -0.25) is 9.59 Å². The summed E-state index contributed by atoms with van der Waals surface area (Å²) in [4.78, 5) is 28.5. The Morgan fingerprint density at radius 2 is 1.66 bits per heavy atom. The van der Waals surface area contributed by atoms with E-state index in [2.05, 4.69) is 4.98 Å². The van der Waals surface area contributed by atoms with Gasteiger partial charge in [-0.15, -0.1) is 0 Å². The summed E-state index contributed by atoms with van der Waals surface area (Å²) in [5, 5.41) is 0. The van der Waals surface area contributed by atoms with Crippen molar-refractivity contribution >= 4 is 17.8 Å². The molecule has 0 saturated heterocycles. The van der Waals surface area contributed by atoms with Gasteiger partial charge in [0.25, 0.3) is 0 Å². The molecule has 0 atom stereocenters. The van der Waals surface area contributed by atoms with Gasteiger partial charge < -0.3 is 19.1 Å². The van der Waals surface area contributed by atoms with E-state index in [-0.39, 0.29) is 31.1 Å². The van der Waals surface area contributed by atoms with Gasteiger partial charge in [0.2, 0.25) is 0 Å². The molecule has 0 amide bonds. The fourth-order valence-corrected chi connectivity index (χ4v) is 2.69. The molecule has 7 nitrogen and oxygen atoms in total. The number of carbonyl (C=O) groups is 2. The molecule has 0 aliphatic heterocycles. The van der Waals surface area contributed by atoms with Crippen LogP contribution in [-0.2, 0) is 25.5 Å². The molecule has 0 radical (unpaired) electrons. The number of hydrogen-bond acceptors (Lipinski definition) is 7. The number of esters is 2. The third-order valence-electron chi connectivity index (χ3n) is 4.23. The van der Waals surface area contributed by atoms with Crippen molar-refractivity contribution in [2.45, 2.75) is 20.3 Å². The lowest BCUT2D eigenvalue weighted by molar-refractivity contribution is -0.146. The molecule has 0 unspecified atom stereocenters. The minimum atomic E-state index is -0.350. The third kappa shape index (κ3) is 8.64. The Bertz CT molecular complexity index is 747. The van der Waals surface area contributed by atoms with E-state index in [9.17, 15) is 9.59 Å². The topological polar surface area (TPSA) is 78.0 Å². The molecule has 2 rings (SSSR count). The zero-order valence-corrected chi connectivity index (χ0v) is 17.2. The van der Waals surface area contributed by atoms with Crippen molar-refractivity contribution in [3.05, 3.63) is 54.2 Å². The number of nitrogens with zero attached hydrogens (tertiary/aromatic N) is 2. The Hall–Kier alpha value is -3.09. The standard InChI is InChI=1S/C22H28N2O5/c1-17(25)28-15-20(16-29-18(2)26)14-19-7-9-21(10-8-19)27-13-12-24(3)22-6-4-5-11-23-22/h4-11,20H,12-16H2,1-3H3. The minimum Gasteiger partial charge on any atom is -0.492 e. The van der Waals surface area contributed by atoms with Gasteiger partial charge in [-0.25, -0.2) is 4.98 Å². The lowest BCUT2D eigenvalue weighted by Crippen LogP contribution is -2.24. The van der Waals surface area contributed by atoms with E-state index < -0.39 is 0 Å². The molecule has 1 aromatic heterocycles. The van der Waals surface area contributed by atoms with Crippen LogP contribution in [0.5, 0.6) is 5.75 Å². The van der Waals surface area contributed by atoms with E-state index >= 15 is 0 Å². The normalized spacial score (nSPS) is 10.5. The van der Waals surface area contributed by atoms with Crippen molar-refractivity contribution in [1.29, 1.82) is 0 Å². The summed E-state index contributed by atoms with van der Waals surface area (Å²) < 4.78 is 16.0. The minimum absolute atomic E-state index is 0.0957. The number of carbonyl (C=O) groups excluding carboxylic acids is 2. The van der Waals surface area contributed by atoms with Crippen molar-refractivity contribution in [1.82, 2.24) is 4.98 Å². The Kier molecular flexibility index (Phi) is 8.95. The third-order valence-corrected chi connectivity index (χ3v) is 4.23. The van der Waals surface area contributed by atoms with Crippen LogP contribution in [0.4, 0.5) is 5.82 Å². The second kappa shape index (κ2) is 11.7. The predicted octanol–water partition coefficient (Wildman–Crippen LogP) is 2.88. The highest BCUT2D eigenvalue weighted by atomic mass is 16.5. The summed E-state index contributed by atoms with van der Waals surface area (Å²) in [5.74, 6) is 0.883. The number of likely N-dealkylation sites (N-methyl/N-ethyl adjacent to an activating group) is 1. The molecule has 29 heavy (non-hydrogen) atoms. The number of benzene rings is 1. The number of pyridine rings is 1. The van der Waals surface area contributed by atoms with Crippen LogP contribution in [0.25, 0.3) is 0 Å². The molecular formula is C22H28N2O5. The van der Waals surface area contributed by atoms with E-state index in [1.165, 1.54) is 13.8 Å². The number of anilines is 1. The summed E-state index contributed by atoms with van der Waals surface area (Å²) in [6, 6.07) is 13.5. The molecule has 0 aliphatic rings. The first kappa shape index (κ1) is 22.2. The zero-order chi connectivity index (χ0) is 21.1. The van der Waals surface area contributed by atoms with Crippen molar-refractivity contribution in [3.63, 3.8) is 0 Å². The van der Waals surface area contributed by atoms with E-state index in [4.69, 9.17) is 14.2 Å². The molecular weight excluding hydrogens is 372 g/mol. The lowest BCUT2D eigenvalue weighted by Gasteiger charge is -2.18. The fraction of sp³-hybridized carbons (Fsp3) is 0.409. The molecule has 1 aromatic carbocycles. The number of rotatable bonds is 11. The van der Waals surface area contributed by atoms with Gasteiger partial charge in [0.05, 0.1) is 19.8 Å². The second-order valence-corrected chi connectivity index (χ2v) is 6.78. The maximum absolute atomic E-state index is 11.1. The summed E-state index contributed by atoms with van der Waals surface area (Å²) in [6.07, 6.45) is 2.39. The van der Waals surface area contributed by atoms with Gasteiger partial charge in [0.15, 0.2) is 0 Å². The Morgan fingerprint density at radius 3 is 2.21 bits per heavy atom. The number of hydrogen-bond donors (Lipinski definition) is 0. The number of aromatic nitrogens is 1. The predicted molar refractivity (Wildman–Crippen MR) is 110 cm³/mol. The SMILES string of the molecule is CC(=O)OCC(COC(C)=O)Cc1ccc(OCCN(C)c2ccccn2)cc1. The quantitative estimate of drug-likeness (QED) is 0.537. The molecule has 0 spiro atoms. The van der Waals surface area contributed by atoms with Gasteiger partial charge in [0.1, 0.15) is 18.2 Å². The summed E-state index contributed by atoms with van der Waals surface area (Å²) in [7, 11) is 1.97. The Labute approximate surface area is 171 Å². The van der Waals surface area contributed by atoms with Gasteiger partial charge in [-0.05, 0) is 36.2 Å². The fourth-order valence-electron chi connectivity index (χ4n) is 2.69. The zero-order valence-electron chi connectivity index (χ0n) is 17.2. The van der Waals surface area contributed by atoms with Crippen molar-refractivity contribution in [2.75, 3.05) is 38.3 Å². The van der Waals surface area contributed by atoms with Crippen molar-refractivity contribution < 1.29 is 23.8 Å². The average molecular weight is 400 g/mol. The first-order chi connectivity index (χ1) is 13.9. The van der Waals surface area contributed by atoms with Crippen molar-refractivity contribution in [3.8, 4) is 5.75 Å². The van der Waals surface area contributed by atoms with Gasteiger partial charge >= 0.3 is 11.9 Å². The summed E-state index contributed by atoms with van der Waals surface area (Å²) in [5.41, 5.74) is 1.05. The molecule has 0 aliphatic carbocycles. The molecule has 156 valence electrons. The van der Waals surface area contributed by atoms with Crippen LogP contribution in [-0.4, -0.2) is 50.3 Å². The molecule has 0 N–H and O–H groups in total. The van der Waals surface area contributed by atoms with Crippen LogP contribution in [0.3, 0.4) is 0 Å². The van der Waals surface area contributed by atoms with Gasteiger partial charge in [0, 0.05) is 33.0 Å². The molecule has 2 aromatic rings.